The highest BCUT2D eigenvalue weighted by atomic mass is 16.5. The molecule has 0 spiro atoms. The van der Waals surface area contributed by atoms with Crippen molar-refractivity contribution in [2.75, 3.05) is 7.11 Å². The molecule has 0 aromatic heterocycles. The standard InChI is InChI=1S/C19H18O3/c1-3-5-16-13-15(8-10-19(16)22-2)17-12-14(6-4-11-20)7-9-18(17)21/h3-13,21H,1-2H3. The highest BCUT2D eigenvalue weighted by Crippen LogP contribution is 2.33. The topological polar surface area (TPSA) is 46.5 Å². The van der Waals surface area contributed by atoms with Crippen LogP contribution in [0.3, 0.4) is 0 Å². The highest BCUT2D eigenvalue weighted by molar-refractivity contribution is 5.79. The van der Waals surface area contributed by atoms with E-state index < -0.39 is 0 Å². The number of phenols is 1. The van der Waals surface area contributed by atoms with Gasteiger partial charge in [0.25, 0.3) is 0 Å². The Kier molecular flexibility index (Phi) is 5.15. The van der Waals surface area contributed by atoms with Crippen LogP contribution in [0.15, 0.2) is 48.6 Å². The van der Waals surface area contributed by atoms with Gasteiger partial charge in [-0.2, -0.15) is 0 Å². The first-order chi connectivity index (χ1) is 10.7. The van der Waals surface area contributed by atoms with Crippen LogP contribution >= 0.6 is 0 Å². The lowest BCUT2D eigenvalue weighted by molar-refractivity contribution is -0.104. The van der Waals surface area contributed by atoms with Crippen molar-refractivity contribution in [1.29, 1.82) is 0 Å². The summed E-state index contributed by atoms with van der Waals surface area (Å²) in [7, 11) is 1.63. The number of benzene rings is 2. The van der Waals surface area contributed by atoms with E-state index in [0.717, 1.165) is 28.7 Å². The fourth-order valence-electron chi connectivity index (χ4n) is 2.25. The molecule has 2 aromatic rings. The summed E-state index contributed by atoms with van der Waals surface area (Å²) in [5, 5.41) is 10.1. The third kappa shape index (κ3) is 3.44. The van der Waals surface area contributed by atoms with Crippen molar-refractivity contribution in [2.24, 2.45) is 0 Å². The van der Waals surface area contributed by atoms with E-state index in [4.69, 9.17) is 4.74 Å². The van der Waals surface area contributed by atoms with Crippen LogP contribution in [0.2, 0.25) is 0 Å². The van der Waals surface area contributed by atoms with Crippen molar-refractivity contribution in [3.05, 3.63) is 59.7 Å². The van der Waals surface area contributed by atoms with Crippen LogP contribution < -0.4 is 4.74 Å². The van der Waals surface area contributed by atoms with E-state index in [0.29, 0.717) is 5.56 Å². The lowest BCUT2D eigenvalue weighted by atomic mass is 9.99. The summed E-state index contributed by atoms with van der Waals surface area (Å²) >= 11 is 0. The van der Waals surface area contributed by atoms with Crippen LogP contribution in [-0.2, 0) is 4.79 Å². The van der Waals surface area contributed by atoms with Gasteiger partial charge in [0.05, 0.1) is 7.11 Å². The van der Waals surface area contributed by atoms with Crippen LogP contribution in [0, 0.1) is 0 Å². The number of carbonyl (C=O) groups excluding carboxylic acids is 1. The van der Waals surface area contributed by atoms with Crippen molar-refractivity contribution in [2.45, 2.75) is 6.92 Å². The Balaban J connectivity index is 2.53. The van der Waals surface area contributed by atoms with Crippen LogP contribution in [-0.4, -0.2) is 18.5 Å². The lowest BCUT2D eigenvalue weighted by Crippen LogP contribution is -1.89. The summed E-state index contributed by atoms with van der Waals surface area (Å²) in [5.41, 5.74) is 3.38. The Morgan fingerprint density at radius 1 is 1.09 bits per heavy atom. The molecular formula is C19H18O3. The Hall–Kier alpha value is -2.81. The summed E-state index contributed by atoms with van der Waals surface area (Å²) in [5.74, 6) is 0.971. The molecule has 0 saturated heterocycles. The van der Waals surface area contributed by atoms with Crippen LogP contribution in [0.5, 0.6) is 11.5 Å². The van der Waals surface area contributed by atoms with Gasteiger partial charge >= 0.3 is 0 Å². The molecule has 1 N–H and O–H groups in total. The van der Waals surface area contributed by atoms with E-state index in [-0.39, 0.29) is 5.75 Å². The third-order valence-electron chi connectivity index (χ3n) is 3.27. The highest BCUT2D eigenvalue weighted by Gasteiger charge is 2.08. The van der Waals surface area contributed by atoms with E-state index in [1.807, 2.05) is 43.3 Å². The quantitative estimate of drug-likeness (QED) is 0.660. The zero-order valence-corrected chi connectivity index (χ0v) is 12.6. The molecule has 0 aliphatic rings. The SMILES string of the molecule is CC=Cc1cc(-c2cc(C=CC=O)ccc2O)ccc1OC. The number of hydrogen-bond donors (Lipinski definition) is 1. The summed E-state index contributed by atoms with van der Waals surface area (Å²) in [6.45, 7) is 1.94. The van der Waals surface area contributed by atoms with Crippen LogP contribution in [0.4, 0.5) is 0 Å². The number of methoxy groups -OCH3 is 1. The molecule has 22 heavy (non-hydrogen) atoms. The third-order valence-corrected chi connectivity index (χ3v) is 3.27. The van der Waals surface area contributed by atoms with Crippen LogP contribution in [0.1, 0.15) is 18.1 Å². The van der Waals surface area contributed by atoms with Crippen molar-refractivity contribution >= 4 is 18.4 Å². The largest absolute Gasteiger partial charge is 0.507 e. The molecule has 0 aliphatic heterocycles. The van der Waals surface area contributed by atoms with Gasteiger partial charge in [0.2, 0.25) is 0 Å². The lowest BCUT2D eigenvalue weighted by Gasteiger charge is -2.10. The van der Waals surface area contributed by atoms with Gasteiger partial charge in [-0.1, -0.05) is 30.4 Å². The molecule has 2 rings (SSSR count). The molecule has 0 atom stereocenters. The van der Waals surface area contributed by atoms with Gasteiger partial charge < -0.3 is 9.84 Å². The first-order valence-corrected chi connectivity index (χ1v) is 6.95. The first-order valence-electron chi connectivity index (χ1n) is 6.95. The zero-order valence-electron chi connectivity index (χ0n) is 12.6. The number of phenolic OH excluding ortho intramolecular Hbond substituents is 1. The maximum atomic E-state index is 10.4. The molecule has 112 valence electrons. The van der Waals surface area contributed by atoms with Crippen LogP contribution in [0.25, 0.3) is 23.3 Å². The molecular weight excluding hydrogens is 276 g/mol. The number of ether oxygens (including phenoxy) is 1. The number of rotatable bonds is 5. The van der Waals surface area contributed by atoms with E-state index >= 15 is 0 Å². The number of aldehydes is 1. The van der Waals surface area contributed by atoms with Crippen molar-refractivity contribution in [3.63, 3.8) is 0 Å². The summed E-state index contributed by atoms with van der Waals surface area (Å²) in [6.07, 6.45) is 7.74. The fourth-order valence-corrected chi connectivity index (χ4v) is 2.25. The minimum atomic E-state index is 0.194. The first kappa shape index (κ1) is 15.6. The average Bonchev–Trinajstić information content (AvgIpc) is 2.54. The minimum absolute atomic E-state index is 0.194. The predicted molar refractivity (Wildman–Crippen MR) is 89.9 cm³/mol. The second-order valence-electron chi connectivity index (χ2n) is 4.73. The molecule has 0 radical (unpaired) electrons. The summed E-state index contributed by atoms with van der Waals surface area (Å²) in [6, 6.07) is 11.0. The number of allylic oxidation sites excluding steroid dienone is 2. The molecule has 0 unspecified atom stereocenters. The smallest absolute Gasteiger partial charge is 0.142 e. The summed E-state index contributed by atoms with van der Waals surface area (Å²) < 4.78 is 5.33. The molecule has 0 saturated carbocycles. The molecule has 3 heteroatoms. The maximum Gasteiger partial charge on any atom is 0.142 e. The fraction of sp³-hybridized carbons (Fsp3) is 0.105. The second-order valence-corrected chi connectivity index (χ2v) is 4.73. The van der Waals surface area contributed by atoms with E-state index in [2.05, 4.69) is 0 Å². The Labute approximate surface area is 130 Å². The Morgan fingerprint density at radius 3 is 2.59 bits per heavy atom. The van der Waals surface area contributed by atoms with Gasteiger partial charge in [0, 0.05) is 11.1 Å². The average molecular weight is 294 g/mol. The van der Waals surface area contributed by atoms with Gasteiger partial charge in [-0.15, -0.1) is 0 Å². The van der Waals surface area contributed by atoms with Gasteiger partial charge in [0.1, 0.15) is 17.8 Å². The second kappa shape index (κ2) is 7.27. The van der Waals surface area contributed by atoms with Crippen molar-refractivity contribution in [3.8, 4) is 22.6 Å². The predicted octanol–water partition coefficient (Wildman–Crippen LogP) is 4.31. The Bertz CT molecular complexity index is 727. The molecule has 0 amide bonds. The molecule has 0 fully saturated rings. The molecule has 2 aromatic carbocycles. The van der Waals surface area contributed by atoms with Crippen molar-refractivity contribution < 1.29 is 14.6 Å². The maximum absolute atomic E-state index is 10.4. The zero-order chi connectivity index (χ0) is 15.9. The number of hydrogen-bond acceptors (Lipinski definition) is 3. The van der Waals surface area contributed by atoms with Gasteiger partial charge in [-0.05, 0) is 48.4 Å². The molecule has 0 heterocycles. The van der Waals surface area contributed by atoms with E-state index in [1.165, 1.54) is 6.08 Å². The van der Waals surface area contributed by atoms with Gasteiger partial charge in [0.15, 0.2) is 0 Å². The van der Waals surface area contributed by atoms with Crippen molar-refractivity contribution in [1.82, 2.24) is 0 Å². The minimum Gasteiger partial charge on any atom is -0.507 e. The number of carbonyl (C=O) groups is 1. The van der Waals surface area contributed by atoms with Gasteiger partial charge in [-0.3, -0.25) is 4.79 Å². The van der Waals surface area contributed by atoms with E-state index in [9.17, 15) is 9.90 Å². The molecule has 3 nitrogen and oxygen atoms in total. The molecule has 0 aliphatic carbocycles. The summed E-state index contributed by atoms with van der Waals surface area (Å²) in [4.78, 5) is 10.4. The van der Waals surface area contributed by atoms with E-state index in [1.54, 1.807) is 25.3 Å². The molecule has 0 bridgehead atoms. The Morgan fingerprint density at radius 2 is 1.91 bits per heavy atom. The normalized spacial score (nSPS) is 11.2. The monoisotopic (exact) mass is 294 g/mol. The van der Waals surface area contributed by atoms with Gasteiger partial charge in [-0.25, -0.2) is 0 Å². The number of aromatic hydroxyl groups is 1.